The van der Waals surface area contributed by atoms with Crippen molar-refractivity contribution < 1.29 is 13.7 Å². The van der Waals surface area contributed by atoms with E-state index in [0.717, 1.165) is 4.88 Å². The second kappa shape index (κ2) is 5.57. The number of carbonyl (C=O) groups excluding carboxylic acids is 1. The Kier molecular flexibility index (Phi) is 3.39. The van der Waals surface area contributed by atoms with Crippen LogP contribution >= 0.6 is 11.3 Å². The number of aryl methyl sites for hydroxylation is 2. The number of thiazole rings is 1. The Bertz CT molecular complexity index is 1030. The molecule has 0 aromatic carbocycles. The van der Waals surface area contributed by atoms with Crippen molar-refractivity contribution in [1.82, 2.24) is 15.1 Å². The lowest BCUT2D eigenvalue weighted by Crippen LogP contribution is -2.12. The Morgan fingerprint density at radius 3 is 2.92 bits per heavy atom. The molecule has 0 atom stereocenters. The van der Waals surface area contributed by atoms with Gasteiger partial charge in [-0.15, -0.1) is 11.3 Å². The lowest BCUT2D eigenvalue weighted by molar-refractivity contribution is 0.102. The van der Waals surface area contributed by atoms with Crippen molar-refractivity contribution >= 4 is 33.5 Å². The van der Waals surface area contributed by atoms with E-state index in [-0.39, 0.29) is 5.91 Å². The van der Waals surface area contributed by atoms with E-state index >= 15 is 0 Å². The third-order valence-electron chi connectivity index (χ3n) is 3.48. The molecule has 0 aliphatic rings. The van der Waals surface area contributed by atoms with Crippen molar-refractivity contribution in [2.45, 2.75) is 13.8 Å². The Morgan fingerprint density at radius 1 is 1.33 bits per heavy atom. The summed E-state index contributed by atoms with van der Waals surface area (Å²) >= 11 is 1.41. The maximum Gasteiger partial charge on any atom is 0.259 e. The van der Waals surface area contributed by atoms with Crippen LogP contribution in [0.2, 0.25) is 0 Å². The van der Waals surface area contributed by atoms with E-state index in [0.29, 0.717) is 38.9 Å². The summed E-state index contributed by atoms with van der Waals surface area (Å²) in [6.07, 6.45) is 3.26. The van der Waals surface area contributed by atoms with Gasteiger partial charge in [-0.2, -0.15) is 0 Å². The molecule has 0 saturated carbocycles. The summed E-state index contributed by atoms with van der Waals surface area (Å²) in [4.78, 5) is 22.3. The van der Waals surface area contributed by atoms with Crippen LogP contribution in [0.4, 0.5) is 5.13 Å². The Hall–Kier alpha value is -3.00. The zero-order valence-electron chi connectivity index (χ0n) is 12.9. The number of amides is 1. The Morgan fingerprint density at radius 2 is 2.21 bits per heavy atom. The maximum atomic E-state index is 12.7. The number of anilines is 1. The van der Waals surface area contributed by atoms with Gasteiger partial charge in [-0.3, -0.25) is 10.1 Å². The maximum absolute atomic E-state index is 12.7. The van der Waals surface area contributed by atoms with Crippen LogP contribution in [-0.2, 0) is 0 Å². The number of hydrogen-bond acceptors (Lipinski definition) is 7. The average Bonchev–Trinajstić information content (AvgIpc) is 3.29. The lowest BCUT2D eigenvalue weighted by atomic mass is 10.1. The largest absolute Gasteiger partial charge is 0.463 e. The number of furan rings is 1. The van der Waals surface area contributed by atoms with Gasteiger partial charge in [-0.25, -0.2) is 9.97 Å². The minimum Gasteiger partial charge on any atom is -0.463 e. The SMILES string of the molecule is Cc1cnc(NC(=O)c2cc(-c3ccco3)nc3onc(C)c23)s1. The number of fused-ring (bicyclic) bond motifs is 1. The molecule has 7 nitrogen and oxygen atoms in total. The van der Waals surface area contributed by atoms with Crippen molar-refractivity contribution in [3.8, 4) is 11.5 Å². The number of pyridine rings is 1. The van der Waals surface area contributed by atoms with E-state index in [2.05, 4.69) is 20.4 Å². The molecule has 4 heterocycles. The van der Waals surface area contributed by atoms with E-state index in [1.807, 2.05) is 6.92 Å². The first kappa shape index (κ1) is 14.6. The van der Waals surface area contributed by atoms with E-state index < -0.39 is 0 Å². The van der Waals surface area contributed by atoms with Crippen LogP contribution < -0.4 is 5.32 Å². The van der Waals surface area contributed by atoms with E-state index in [9.17, 15) is 4.79 Å². The smallest absolute Gasteiger partial charge is 0.259 e. The average molecular weight is 340 g/mol. The molecule has 0 aliphatic carbocycles. The molecule has 4 rings (SSSR count). The van der Waals surface area contributed by atoms with Crippen LogP contribution in [0.3, 0.4) is 0 Å². The number of nitrogens with one attached hydrogen (secondary N) is 1. The summed E-state index contributed by atoms with van der Waals surface area (Å²) in [6, 6.07) is 5.19. The molecule has 0 bridgehead atoms. The number of hydrogen-bond donors (Lipinski definition) is 1. The van der Waals surface area contributed by atoms with Gasteiger partial charge in [0.05, 0.1) is 22.9 Å². The second-order valence-corrected chi connectivity index (χ2v) is 6.45. The molecule has 4 aromatic rings. The topological polar surface area (TPSA) is 94.1 Å². The Labute approximate surface area is 140 Å². The molecule has 0 spiro atoms. The zero-order chi connectivity index (χ0) is 16.7. The molecule has 1 amide bonds. The molecule has 0 unspecified atom stereocenters. The molecule has 0 saturated heterocycles. The highest BCUT2D eigenvalue weighted by molar-refractivity contribution is 7.15. The third-order valence-corrected chi connectivity index (χ3v) is 4.31. The first-order valence-corrected chi connectivity index (χ1v) is 7.98. The van der Waals surface area contributed by atoms with Crippen LogP contribution in [0.5, 0.6) is 0 Å². The summed E-state index contributed by atoms with van der Waals surface area (Å²) in [6.45, 7) is 3.70. The molecule has 24 heavy (non-hydrogen) atoms. The quantitative estimate of drug-likeness (QED) is 0.609. The van der Waals surface area contributed by atoms with Gasteiger partial charge >= 0.3 is 0 Å². The number of carbonyl (C=O) groups is 1. The van der Waals surface area contributed by atoms with Gasteiger partial charge in [0.25, 0.3) is 11.6 Å². The summed E-state index contributed by atoms with van der Waals surface area (Å²) in [7, 11) is 0. The molecule has 120 valence electrons. The second-order valence-electron chi connectivity index (χ2n) is 5.21. The highest BCUT2D eigenvalue weighted by Gasteiger charge is 2.20. The van der Waals surface area contributed by atoms with Crippen LogP contribution in [-0.4, -0.2) is 21.0 Å². The van der Waals surface area contributed by atoms with Crippen molar-refractivity contribution in [3.05, 3.63) is 46.8 Å². The highest BCUT2D eigenvalue weighted by atomic mass is 32.1. The minimum atomic E-state index is -0.296. The molecule has 0 aliphatic heterocycles. The van der Waals surface area contributed by atoms with Gasteiger partial charge in [-0.1, -0.05) is 5.16 Å². The molecular formula is C16H12N4O3S. The Balaban J connectivity index is 1.83. The fraction of sp³-hybridized carbons (Fsp3) is 0.125. The van der Waals surface area contributed by atoms with Gasteiger partial charge in [0, 0.05) is 11.1 Å². The predicted octanol–water partition coefficient (Wildman–Crippen LogP) is 3.81. The van der Waals surface area contributed by atoms with E-state index in [1.54, 1.807) is 37.6 Å². The van der Waals surface area contributed by atoms with Gasteiger partial charge in [0.2, 0.25) is 0 Å². The lowest BCUT2D eigenvalue weighted by Gasteiger charge is -2.05. The van der Waals surface area contributed by atoms with E-state index in [1.165, 1.54) is 11.3 Å². The number of aromatic nitrogens is 3. The van der Waals surface area contributed by atoms with Gasteiger partial charge in [0.1, 0.15) is 5.69 Å². The van der Waals surface area contributed by atoms with Gasteiger partial charge in [-0.05, 0) is 32.0 Å². The standard InChI is InChI=1S/C16H12N4O3S/c1-8-7-17-16(24-8)19-14(21)10-6-11(12-4-3-5-22-12)18-15-13(10)9(2)20-23-15/h3-7H,1-2H3,(H,17,19,21). The van der Waals surface area contributed by atoms with Crippen LogP contribution in [0, 0.1) is 13.8 Å². The van der Waals surface area contributed by atoms with Crippen molar-refractivity contribution in [1.29, 1.82) is 0 Å². The normalized spacial score (nSPS) is 11.1. The first-order chi connectivity index (χ1) is 11.6. The summed E-state index contributed by atoms with van der Waals surface area (Å²) in [5, 5.41) is 7.83. The summed E-state index contributed by atoms with van der Waals surface area (Å²) in [5.41, 5.74) is 1.81. The van der Waals surface area contributed by atoms with Crippen molar-refractivity contribution in [2.75, 3.05) is 5.32 Å². The molecule has 0 fully saturated rings. The highest BCUT2D eigenvalue weighted by Crippen LogP contribution is 2.28. The molecule has 4 aromatic heterocycles. The predicted molar refractivity (Wildman–Crippen MR) is 89.0 cm³/mol. The van der Waals surface area contributed by atoms with Gasteiger partial charge < -0.3 is 8.94 Å². The van der Waals surface area contributed by atoms with Crippen LogP contribution in [0.1, 0.15) is 20.9 Å². The van der Waals surface area contributed by atoms with Crippen molar-refractivity contribution in [2.24, 2.45) is 0 Å². The van der Waals surface area contributed by atoms with Gasteiger partial charge in [0.15, 0.2) is 10.9 Å². The fourth-order valence-electron chi connectivity index (χ4n) is 2.40. The number of nitrogens with zero attached hydrogens (tertiary/aromatic N) is 3. The molecule has 1 N–H and O–H groups in total. The summed E-state index contributed by atoms with van der Waals surface area (Å²) in [5.74, 6) is 0.251. The van der Waals surface area contributed by atoms with Crippen LogP contribution in [0.15, 0.2) is 39.6 Å². The third kappa shape index (κ3) is 2.46. The van der Waals surface area contributed by atoms with Crippen LogP contribution in [0.25, 0.3) is 22.6 Å². The van der Waals surface area contributed by atoms with Crippen molar-refractivity contribution in [3.63, 3.8) is 0 Å². The minimum absolute atomic E-state index is 0.293. The van der Waals surface area contributed by atoms with E-state index in [4.69, 9.17) is 8.94 Å². The fourth-order valence-corrected chi connectivity index (χ4v) is 3.06. The first-order valence-electron chi connectivity index (χ1n) is 7.16. The zero-order valence-corrected chi connectivity index (χ0v) is 13.7. The monoisotopic (exact) mass is 340 g/mol. The summed E-state index contributed by atoms with van der Waals surface area (Å²) < 4.78 is 10.6. The molecule has 8 heteroatoms. The molecular weight excluding hydrogens is 328 g/mol. The number of rotatable bonds is 3. The molecule has 0 radical (unpaired) electrons.